The van der Waals surface area contributed by atoms with Crippen molar-refractivity contribution in [2.24, 2.45) is 5.92 Å². The molecule has 0 aromatic heterocycles. The van der Waals surface area contributed by atoms with Crippen molar-refractivity contribution in [1.29, 1.82) is 0 Å². The van der Waals surface area contributed by atoms with Crippen LogP contribution >= 0.6 is 11.6 Å². The van der Waals surface area contributed by atoms with Gasteiger partial charge in [0.15, 0.2) is 0 Å². The number of nitrogens with one attached hydrogen (secondary N) is 1. The number of halogens is 1. The van der Waals surface area contributed by atoms with Gasteiger partial charge in [0.1, 0.15) is 0 Å². The highest BCUT2D eigenvalue weighted by Gasteiger charge is 2.25. The fraction of sp³-hybridized carbons (Fsp3) is 0.647. The largest absolute Gasteiger partial charge is 0.381 e. The lowest BCUT2D eigenvalue weighted by molar-refractivity contribution is 0.0556. The molecule has 2 nitrogen and oxygen atoms in total. The Hall–Kier alpha value is -0.570. The predicted octanol–water partition coefficient (Wildman–Crippen LogP) is 4.58. The summed E-state index contributed by atoms with van der Waals surface area (Å²) in [7, 11) is 1.83. The minimum atomic E-state index is 0.382. The van der Waals surface area contributed by atoms with Gasteiger partial charge < -0.3 is 10.1 Å². The molecule has 1 N–H and O–H groups in total. The molecule has 1 fully saturated rings. The first-order valence-electron chi connectivity index (χ1n) is 7.64. The molecule has 2 rings (SSSR count). The van der Waals surface area contributed by atoms with E-state index in [1.807, 2.05) is 19.2 Å². The van der Waals surface area contributed by atoms with Crippen LogP contribution in [0, 0.1) is 5.92 Å². The number of rotatable bonds is 5. The molecule has 20 heavy (non-hydrogen) atoms. The lowest BCUT2D eigenvalue weighted by atomic mass is 9.89. The monoisotopic (exact) mass is 295 g/mol. The maximum Gasteiger partial charge on any atom is 0.0586 e. The highest BCUT2D eigenvalue weighted by atomic mass is 35.5. The maximum atomic E-state index is 5.99. The molecular weight excluding hydrogens is 270 g/mol. The minimum Gasteiger partial charge on any atom is -0.381 e. The van der Waals surface area contributed by atoms with Gasteiger partial charge in [-0.15, -0.1) is 0 Å². The quantitative estimate of drug-likeness (QED) is 0.858. The predicted molar refractivity (Wildman–Crippen MR) is 85.2 cm³/mol. The van der Waals surface area contributed by atoms with Gasteiger partial charge in [-0.3, -0.25) is 0 Å². The van der Waals surface area contributed by atoms with Crippen LogP contribution in [-0.4, -0.2) is 19.3 Å². The first-order valence-corrected chi connectivity index (χ1v) is 8.02. The molecule has 0 aliphatic heterocycles. The van der Waals surface area contributed by atoms with Crippen LogP contribution in [0.1, 0.15) is 51.1 Å². The summed E-state index contributed by atoms with van der Waals surface area (Å²) < 4.78 is 5.53. The lowest BCUT2D eigenvalue weighted by Crippen LogP contribution is -2.40. The van der Waals surface area contributed by atoms with E-state index in [1.165, 1.54) is 24.8 Å². The summed E-state index contributed by atoms with van der Waals surface area (Å²) >= 11 is 5.99. The summed E-state index contributed by atoms with van der Waals surface area (Å²) in [5.74, 6) is 0.555. The van der Waals surface area contributed by atoms with Crippen molar-refractivity contribution in [3.05, 3.63) is 34.9 Å². The average molecular weight is 296 g/mol. The molecule has 1 saturated carbocycles. The molecule has 3 atom stereocenters. The van der Waals surface area contributed by atoms with E-state index < -0.39 is 0 Å². The Morgan fingerprint density at radius 3 is 2.50 bits per heavy atom. The van der Waals surface area contributed by atoms with Gasteiger partial charge in [0.25, 0.3) is 0 Å². The zero-order valence-corrected chi connectivity index (χ0v) is 13.5. The molecule has 0 radical (unpaired) electrons. The molecule has 0 amide bonds. The van der Waals surface area contributed by atoms with Crippen molar-refractivity contribution in [1.82, 2.24) is 5.32 Å². The topological polar surface area (TPSA) is 21.3 Å². The van der Waals surface area contributed by atoms with Gasteiger partial charge in [-0.1, -0.05) is 37.6 Å². The van der Waals surface area contributed by atoms with Gasteiger partial charge in [-0.05, 0) is 49.3 Å². The summed E-state index contributed by atoms with van der Waals surface area (Å²) in [4.78, 5) is 0. The normalized spacial score (nSPS) is 24.9. The van der Waals surface area contributed by atoms with Gasteiger partial charge in [0.2, 0.25) is 0 Å². The summed E-state index contributed by atoms with van der Waals surface area (Å²) in [6.45, 7) is 4.53. The molecule has 0 heterocycles. The first kappa shape index (κ1) is 15.8. The van der Waals surface area contributed by atoms with E-state index in [0.717, 1.165) is 11.4 Å². The smallest absolute Gasteiger partial charge is 0.0586 e. The van der Waals surface area contributed by atoms with Crippen molar-refractivity contribution in [3.63, 3.8) is 0 Å². The molecule has 1 aliphatic rings. The minimum absolute atomic E-state index is 0.382. The number of benzene rings is 1. The van der Waals surface area contributed by atoms with Crippen LogP contribution in [0.3, 0.4) is 0 Å². The fourth-order valence-electron chi connectivity index (χ4n) is 3.11. The molecule has 1 aromatic carbocycles. The van der Waals surface area contributed by atoms with Crippen LogP contribution in [0.2, 0.25) is 5.02 Å². The lowest BCUT2D eigenvalue weighted by Gasteiger charge is -2.34. The van der Waals surface area contributed by atoms with E-state index in [9.17, 15) is 0 Å². The van der Waals surface area contributed by atoms with Crippen molar-refractivity contribution >= 4 is 11.6 Å². The standard InChI is InChI=1S/C17H26ClNO/c1-12(2)17(13-7-9-14(18)10-8-13)19-15-5-4-6-16(11-15)20-3/h7-10,12,15-17,19H,4-6,11H2,1-3H3. The Bertz CT molecular complexity index is 404. The van der Waals surface area contributed by atoms with Crippen molar-refractivity contribution < 1.29 is 4.74 Å². The van der Waals surface area contributed by atoms with Crippen molar-refractivity contribution in [2.75, 3.05) is 7.11 Å². The van der Waals surface area contributed by atoms with Gasteiger partial charge in [-0.25, -0.2) is 0 Å². The highest BCUT2D eigenvalue weighted by Crippen LogP contribution is 2.28. The number of methoxy groups -OCH3 is 1. The molecule has 0 saturated heterocycles. The van der Waals surface area contributed by atoms with E-state index >= 15 is 0 Å². The van der Waals surface area contributed by atoms with Crippen molar-refractivity contribution in [3.8, 4) is 0 Å². The molecule has 1 aliphatic carbocycles. The molecular formula is C17H26ClNO. The second-order valence-electron chi connectivity index (χ2n) is 6.16. The highest BCUT2D eigenvalue weighted by molar-refractivity contribution is 6.30. The van der Waals surface area contributed by atoms with Crippen LogP contribution in [-0.2, 0) is 4.74 Å². The Morgan fingerprint density at radius 1 is 1.20 bits per heavy atom. The van der Waals surface area contributed by atoms with Crippen LogP contribution in [0.25, 0.3) is 0 Å². The van der Waals surface area contributed by atoms with Gasteiger partial charge >= 0.3 is 0 Å². The molecule has 3 unspecified atom stereocenters. The number of ether oxygens (including phenoxy) is 1. The zero-order valence-electron chi connectivity index (χ0n) is 12.7. The van der Waals surface area contributed by atoms with Gasteiger partial charge in [0, 0.05) is 24.2 Å². The SMILES string of the molecule is COC1CCCC(NC(c2ccc(Cl)cc2)C(C)C)C1. The molecule has 112 valence electrons. The van der Waals surface area contributed by atoms with Crippen LogP contribution in [0.15, 0.2) is 24.3 Å². The summed E-state index contributed by atoms with van der Waals surface area (Å²) in [5, 5.41) is 4.63. The summed E-state index contributed by atoms with van der Waals surface area (Å²) in [5.41, 5.74) is 1.32. The third-order valence-electron chi connectivity index (χ3n) is 4.27. The number of hydrogen-bond acceptors (Lipinski definition) is 2. The Kier molecular flexibility index (Phi) is 5.88. The van der Waals surface area contributed by atoms with E-state index in [0.29, 0.717) is 24.1 Å². The Balaban J connectivity index is 2.04. The summed E-state index contributed by atoms with van der Waals surface area (Å²) in [6, 6.07) is 9.16. The van der Waals surface area contributed by atoms with E-state index in [1.54, 1.807) is 0 Å². The molecule has 0 bridgehead atoms. The zero-order chi connectivity index (χ0) is 14.5. The fourth-order valence-corrected chi connectivity index (χ4v) is 3.23. The van der Waals surface area contributed by atoms with Crippen LogP contribution < -0.4 is 5.32 Å². The molecule has 1 aromatic rings. The molecule has 3 heteroatoms. The van der Waals surface area contributed by atoms with Crippen molar-refractivity contribution in [2.45, 2.75) is 57.7 Å². The maximum absolute atomic E-state index is 5.99. The number of hydrogen-bond donors (Lipinski definition) is 1. The van der Waals surface area contributed by atoms with Gasteiger partial charge in [-0.2, -0.15) is 0 Å². The summed E-state index contributed by atoms with van der Waals surface area (Å²) in [6.07, 6.45) is 5.23. The molecule has 0 spiro atoms. The second kappa shape index (κ2) is 7.44. The van der Waals surface area contributed by atoms with E-state index in [2.05, 4.69) is 31.3 Å². The van der Waals surface area contributed by atoms with Crippen LogP contribution in [0.4, 0.5) is 0 Å². The van der Waals surface area contributed by atoms with Gasteiger partial charge in [0.05, 0.1) is 6.10 Å². The Morgan fingerprint density at radius 2 is 1.90 bits per heavy atom. The van der Waals surface area contributed by atoms with E-state index in [4.69, 9.17) is 16.3 Å². The third kappa shape index (κ3) is 4.21. The second-order valence-corrected chi connectivity index (χ2v) is 6.60. The Labute approximate surface area is 127 Å². The first-order chi connectivity index (χ1) is 9.60. The average Bonchev–Trinajstić information content (AvgIpc) is 2.46. The van der Waals surface area contributed by atoms with E-state index in [-0.39, 0.29) is 0 Å². The third-order valence-corrected chi connectivity index (χ3v) is 4.52. The van der Waals surface area contributed by atoms with Crippen LogP contribution in [0.5, 0.6) is 0 Å².